The molecule has 0 aliphatic heterocycles. The van der Waals surface area contributed by atoms with Crippen LogP contribution >= 0.6 is 0 Å². The van der Waals surface area contributed by atoms with Gasteiger partial charge in [-0.15, -0.1) is 0 Å². The van der Waals surface area contributed by atoms with Crippen LogP contribution in [0.4, 0.5) is 8.78 Å². The quantitative estimate of drug-likeness (QED) is 0.434. The van der Waals surface area contributed by atoms with E-state index in [2.05, 4.69) is 0 Å². The van der Waals surface area contributed by atoms with Crippen LogP contribution in [-0.2, 0) is 4.79 Å². The summed E-state index contributed by atoms with van der Waals surface area (Å²) < 4.78 is 24.7. The second-order valence-corrected chi connectivity index (χ2v) is 2.27. The van der Waals surface area contributed by atoms with Crippen LogP contribution in [0.3, 0.4) is 0 Å². The number of aldehydes is 1. The van der Waals surface area contributed by atoms with Crippen molar-refractivity contribution in [2.45, 2.75) is 38.5 Å². The minimum absolute atomic E-state index is 0.133. The van der Waals surface area contributed by atoms with E-state index >= 15 is 0 Å². The smallest absolute Gasteiger partial charge is 0.247 e. The van der Waals surface area contributed by atoms with E-state index in [1.807, 2.05) is 0 Å². The maximum Gasteiger partial charge on any atom is 0.247 e. The highest BCUT2D eigenvalue weighted by Gasteiger charge is 2.24. The highest BCUT2D eigenvalue weighted by atomic mass is 19.3. The molecule has 0 saturated heterocycles. The Morgan fingerprint density at radius 3 is 2.50 bits per heavy atom. The van der Waals surface area contributed by atoms with E-state index in [1.165, 1.54) is 6.92 Å². The average molecular weight is 150 g/mol. The minimum Gasteiger partial charge on any atom is -0.303 e. The van der Waals surface area contributed by atoms with E-state index in [9.17, 15) is 13.6 Å². The molecule has 0 aliphatic rings. The van der Waals surface area contributed by atoms with Crippen LogP contribution in [0.2, 0.25) is 0 Å². The molecule has 60 valence electrons. The lowest BCUT2D eigenvalue weighted by atomic mass is 10.1. The largest absolute Gasteiger partial charge is 0.303 e. The Bertz CT molecular complexity index is 102. The third kappa shape index (κ3) is 4.41. The van der Waals surface area contributed by atoms with Crippen LogP contribution in [0, 0.1) is 0 Å². The van der Waals surface area contributed by atoms with Crippen LogP contribution in [0.15, 0.2) is 0 Å². The van der Waals surface area contributed by atoms with Crippen LogP contribution in [0.5, 0.6) is 0 Å². The topological polar surface area (TPSA) is 17.1 Å². The minimum atomic E-state index is -2.57. The molecule has 0 radical (unpaired) electrons. The Morgan fingerprint density at radius 1 is 1.50 bits per heavy atom. The molecular formula is C7H12F2O. The highest BCUT2D eigenvalue weighted by Crippen LogP contribution is 2.23. The molecule has 10 heavy (non-hydrogen) atoms. The van der Waals surface area contributed by atoms with Gasteiger partial charge in [0.2, 0.25) is 5.92 Å². The zero-order valence-corrected chi connectivity index (χ0v) is 6.07. The second kappa shape index (κ2) is 4.36. The van der Waals surface area contributed by atoms with Crippen LogP contribution in [0.25, 0.3) is 0 Å². The van der Waals surface area contributed by atoms with Crippen molar-refractivity contribution in [3.63, 3.8) is 0 Å². The fraction of sp³-hybridized carbons (Fsp3) is 0.857. The van der Waals surface area contributed by atoms with E-state index in [4.69, 9.17) is 0 Å². The Morgan fingerprint density at radius 2 is 2.10 bits per heavy atom. The van der Waals surface area contributed by atoms with Gasteiger partial charge in [-0.1, -0.05) is 6.92 Å². The molecule has 0 aromatic carbocycles. The normalized spacial score (nSPS) is 11.5. The lowest BCUT2D eigenvalue weighted by Gasteiger charge is -2.11. The summed E-state index contributed by atoms with van der Waals surface area (Å²) >= 11 is 0. The van der Waals surface area contributed by atoms with E-state index < -0.39 is 5.92 Å². The molecule has 0 spiro atoms. The molecule has 0 heterocycles. The van der Waals surface area contributed by atoms with Gasteiger partial charge in [0, 0.05) is 19.3 Å². The van der Waals surface area contributed by atoms with Gasteiger partial charge < -0.3 is 4.79 Å². The first kappa shape index (κ1) is 9.53. The summed E-state index contributed by atoms with van der Waals surface area (Å²) in [5.74, 6) is -2.57. The molecule has 3 heteroatoms. The lowest BCUT2D eigenvalue weighted by molar-refractivity contribution is -0.108. The summed E-state index contributed by atoms with van der Waals surface area (Å²) in [5.41, 5.74) is 0. The summed E-state index contributed by atoms with van der Waals surface area (Å²) in [5, 5.41) is 0. The molecule has 0 rings (SSSR count). The summed E-state index contributed by atoms with van der Waals surface area (Å²) in [6, 6.07) is 0. The standard InChI is InChI=1S/C7H12F2O/c1-2-7(8,9)5-3-4-6-10/h6H,2-5H2,1H3. The Kier molecular flexibility index (Phi) is 4.16. The van der Waals surface area contributed by atoms with E-state index in [0.717, 1.165) is 0 Å². The average Bonchev–Trinajstić information content (AvgIpc) is 1.89. The third-order valence-electron chi connectivity index (χ3n) is 1.38. The van der Waals surface area contributed by atoms with E-state index in [0.29, 0.717) is 12.7 Å². The molecule has 0 aromatic rings. The van der Waals surface area contributed by atoms with Gasteiger partial charge in [-0.25, -0.2) is 8.78 Å². The van der Waals surface area contributed by atoms with E-state index in [1.54, 1.807) is 0 Å². The molecule has 0 aliphatic carbocycles. The molecule has 0 aromatic heterocycles. The van der Waals surface area contributed by atoms with Crippen molar-refractivity contribution in [1.29, 1.82) is 0 Å². The van der Waals surface area contributed by atoms with Gasteiger partial charge in [0.05, 0.1) is 0 Å². The predicted molar refractivity (Wildman–Crippen MR) is 35.2 cm³/mol. The molecule has 1 nitrogen and oxygen atoms in total. The molecule has 0 amide bonds. The molecule has 0 unspecified atom stereocenters. The van der Waals surface area contributed by atoms with Crippen molar-refractivity contribution in [2.24, 2.45) is 0 Å². The number of rotatable bonds is 5. The first-order chi connectivity index (χ1) is 4.62. The van der Waals surface area contributed by atoms with Crippen LogP contribution in [-0.4, -0.2) is 12.2 Å². The first-order valence-electron chi connectivity index (χ1n) is 3.44. The molecule has 0 saturated carbocycles. The van der Waals surface area contributed by atoms with Gasteiger partial charge >= 0.3 is 0 Å². The first-order valence-corrected chi connectivity index (χ1v) is 3.44. The van der Waals surface area contributed by atoms with Crippen molar-refractivity contribution in [3.05, 3.63) is 0 Å². The van der Waals surface area contributed by atoms with Gasteiger partial charge in [-0.3, -0.25) is 0 Å². The van der Waals surface area contributed by atoms with Crippen LogP contribution < -0.4 is 0 Å². The molecule has 0 N–H and O–H groups in total. The Balaban J connectivity index is 3.36. The monoisotopic (exact) mass is 150 g/mol. The highest BCUT2D eigenvalue weighted by molar-refractivity contribution is 5.48. The summed E-state index contributed by atoms with van der Waals surface area (Å²) in [6.45, 7) is 1.45. The number of unbranched alkanes of at least 4 members (excludes halogenated alkanes) is 1. The van der Waals surface area contributed by atoms with Crippen molar-refractivity contribution < 1.29 is 13.6 Å². The number of hydrogen-bond donors (Lipinski definition) is 0. The lowest BCUT2D eigenvalue weighted by Crippen LogP contribution is -2.13. The summed E-state index contributed by atoms with van der Waals surface area (Å²) in [6.07, 6.45) is 0.916. The molecule has 0 atom stereocenters. The summed E-state index contributed by atoms with van der Waals surface area (Å²) in [4.78, 5) is 9.73. The van der Waals surface area contributed by atoms with Crippen LogP contribution in [0.1, 0.15) is 32.6 Å². The zero-order chi connectivity index (χ0) is 8.04. The molecular weight excluding hydrogens is 138 g/mol. The van der Waals surface area contributed by atoms with Gasteiger partial charge in [-0.2, -0.15) is 0 Å². The third-order valence-corrected chi connectivity index (χ3v) is 1.38. The van der Waals surface area contributed by atoms with Crippen molar-refractivity contribution in [3.8, 4) is 0 Å². The number of hydrogen-bond acceptors (Lipinski definition) is 1. The van der Waals surface area contributed by atoms with Gasteiger partial charge in [0.15, 0.2) is 0 Å². The van der Waals surface area contributed by atoms with Gasteiger partial charge in [-0.05, 0) is 6.42 Å². The van der Waals surface area contributed by atoms with Gasteiger partial charge in [0.25, 0.3) is 0 Å². The number of carbonyl (C=O) groups is 1. The van der Waals surface area contributed by atoms with Crippen molar-refractivity contribution >= 4 is 6.29 Å². The van der Waals surface area contributed by atoms with Crippen molar-refractivity contribution in [2.75, 3.05) is 0 Å². The zero-order valence-electron chi connectivity index (χ0n) is 6.07. The second-order valence-electron chi connectivity index (χ2n) is 2.27. The SMILES string of the molecule is CCC(F)(F)CCCC=O. The van der Waals surface area contributed by atoms with Gasteiger partial charge in [0.1, 0.15) is 6.29 Å². The maximum atomic E-state index is 12.4. The predicted octanol–water partition coefficient (Wildman–Crippen LogP) is 2.40. The maximum absolute atomic E-state index is 12.4. The molecule has 0 fully saturated rings. The fourth-order valence-electron chi connectivity index (χ4n) is 0.621. The van der Waals surface area contributed by atoms with E-state index in [-0.39, 0.29) is 19.3 Å². The van der Waals surface area contributed by atoms with Crippen molar-refractivity contribution in [1.82, 2.24) is 0 Å². The number of halogens is 2. The number of carbonyl (C=O) groups excluding carboxylic acids is 1. The Hall–Kier alpha value is -0.470. The fourth-order valence-corrected chi connectivity index (χ4v) is 0.621. The molecule has 0 bridgehead atoms. The summed E-state index contributed by atoms with van der Waals surface area (Å²) in [7, 11) is 0. The Labute approximate surface area is 59.4 Å². The number of alkyl halides is 2.